The molecule has 1 amide bonds. The molecule has 0 unspecified atom stereocenters. The summed E-state index contributed by atoms with van der Waals surface area (Å²) in [6.07, 6.45) is 0. The lowest BCUT2D eigenvalue weighted by atomic mass is 10.1. The van der Waals surface area contributed by atoms with Crippen LogP contribution in [0.2, 0.25) is 0 Å². The van der Waals surface area contributed by atoms with Gasteiger partial charge in [0, 0.05) is 25.4 Å². The second-order valence-electron chi connectivity index (χ2n) is 7.91. The number of halogens is 1. The van der Waals surface area contributed by atoms with E-state index in [9.17, 15) is 9.18 Å². The number of nitrogens with zero attached hydrogens (tertiary/aromatic N) is 2. The zero-order valence-corrected chi connectivity index (χ0v) is 17.7. The minimum atomic E-state index is -0.245. The van der Waals surface area contributed by atoms with Gasteiger partial charge in [0.15, 0.2) is 0 Å². The van der Waals surface area contributed by atoms with Crippen LogP contribution in [0.3, 0.4) is 0 Å². The van der Waals surface area contributed by atoms with Crippen molar-refractivity contribution in [2.75, 3.05) is 25.4 Å². The monoisotopic (exact) mass is 400 g/mol. The Bertz CT molecular complexity index is 793. The molecule has 5 heteroatoms. The van der Waals surface area contributed by atoms with E-state index in [1.807, 2.05) is 4.90 Å². The van der Waals surface area contributed by atoms with Crippen LogP contribution >= 0.6 is 11.8 Å². The number of hydrogen-bond donors (Lipinski definition) is 0. The van der Waals surface area contributed by atoms with Crippen LogP contribution in [-0.2, 0) is 11.3 Å². The zero-order valence-electron chi connectivity index (χ0n) is 16.9. The number of aryl methyl sites for hydroxylation is 1. The largest absolute Gasteiger partial charge is 0.325 e. The van der Waals surface area contributed by atoms with E-state index >= 15 is 0 Å². The van der Waals surface area contributed by atoms with E-state index in [-0.39, 0.29) is 17.1 Å². The van der Waals surface area contributed by atoms with E-state index in [0.717, 1.165) is 31.0 Å². The summed E-state index contributed by atoms with van der Waals surface area (Å²) in [6, 6.07) is 15.0. The summed E-state index contributed by atoms with van der Waals surface area (Å²) in [6.45, 7) is 9.25. The van der Waals surface area contributed by atoms with E-state index in [4.69, 9.17) is 0 Å². The van der Waals surface area contributed by atoms with E-state index < -0.39 is 0 Å². The van der Waals surface area contributed by atoms with Gasteiger partial charge in [-0.15, -0.1) is 11.8 Å². The fourth-order valence-corrected chi connectivity index (χ4v) is 4.96. The first kappa shape index (κ1) is 20.9. The maximum Gasteiger partial charge on any atom is 0.237 e. The first-order chi connectivity index (χ1) is 13.4. The molecule has 3 nitrogen and oxygen atoms in total. The lowest BCUT2D eigenvalue weighted by Crippen LogP contribution is -2.41. The third-order valence-corrected chi connectivity index (χ3v) is 6.10. The Morgan fingerprint density at radius 3 is 2.68 bits per heavy atom. The van der Waals surface area contributed by atoms with Crippen LogP contribution in [0.4, 0.5) is 4.39 Å². The molecular weight excluding hydrogens is 371 g/mol. The first-order valence-electron chi connectivity index (χ1n) is 9.87. The van der Waals surface area contributed by atoms with Crippen molar-refractivity contribution in [3.8, 4) is 0 Å². The summed E-state index contributed by atoms with van der Waals surface area (Å²) < 4.78 is 13.3. The molecule has 0 radical (unpaired) electrons. The van der Waals surface area contributed by atoms with Crippen molar-refractivity contribution in [1.29, 1.82) is 0 Å². The lowest BCUT2D eigenvalue weighted by Gasteiger charge is -2.29. The molecule has 1 heterocycles. The van der Waals surface area contributed by atoms with Crippen LogP contribution in [0, 0.1) is 18.7 Å². The van der Waals surface area contributed by atoms with Gasteiger partial charge in [-0.25, -0.2) is 4.39 Å². The summed E-state index contributed by atoms with van der Waals surface area (Å²) in [7, 11) is 0. The van der Waals surface area contributed by atoms with Gasteiger partial charge in [0.05, 0.1) is 6.54 Å². The molecule has 28 heavy (non-hydrogen) atoms. The number of carbonyl (C=O) groups excluding carboxylic acids is 1. The Morgan fingerprint density at radius 2 is 2.00 bits per heavy atom. The highest BCUT2D eigenvalue weighted by Crippen LogP contribution is 2.38. The smallest absolute Gasteiger partial charge is 0.237 e. The van der Waals surface area contributed by atoms with Crippen LogP contribution in [0.5, 0.6) is 0 Å². The van der Waals surface area contributed by atoms with Gasteiger partial charge in [0.25, 0.3) is 0 Å². The maximum atomic E-state index is 13.3. The van der Waals surface area contributed by atoms with Gasteiger partial charge in [0.2, 0.25) is 5.91 Å². The lowest BCUT2D eigenvalue weighted by molar-refractivity contribution is -0.132. The number of thioether (sulfide) groups is 1. The minimum Gasteiger partial charge on any atom is -0.325 e. The van der Waals surface area contributed by atoms with Crippen molar-refractivity contribution in [3.05, 3.63) is 71.0 Å². The molecule has 2 aromatic rings. The minimum absolute atomic E-state index is 0.0204. The van der Waals surface area contributed by atoms with E-state index in [1.54, 1.807) is 23.9 Å². The molecule has 0 bridgehead atoms. The molecular formula is C23H29FN2OS. The maximum absolute atomic E-state index is 13.3. The third-order valence-electron chi connectivity index (χ3n) is 4.84. The Kier molecular flexibility index (Phi) is 7.13. The van der Waals surface area contributed by atoms with Crippen LogP contribution in [0.15, 0.2) is 48.5 Å². The molecule has 1 atom stereocenters. The normalized spacial score (nSPS) is 16.9. The average molecular weight is 401 g/mol. The van der Waals surface area contributed by atoms with Crippen molar-refractivity contribution in [2.24, 2.45) is 5.92 Å². The molecule has 1 aliphatic rings. The van der Waals surface area contributed by atoms with Gasteiger partial charge in [-0.1, -0.05) is 55.8 Å². The van der Waals surface area contributed by atoms with Gasteiger partial charge < -0.3 is 4.90 Å². The van der Waals surface area contributed by atoms with Crippen molar-refractivity contribution in [1.82, 2.24) is 9.80 Å². The summed E-state index contributed by atoms with van der Waals surface area (Å²) in [5.41, 5.74) is 3.46. The Morgan fingerprint density at radius 1 is 1.25 bits per heavy atom. The highest BCUT2D eigenvalue weighted by Gasteiger charge is 2.31. The molecule has 0 N–H and O–H groups in total. The first-order valence-corrected chi connectivity index (χ1v) is 10.9. The average Bonchev–Trinajstić information content (AvgIpc) is 3.11. The van der Waals surface area contributed by atoms with E-state index in [2.05, 4.69) is 49.9 Å². The Labute approximate surface area is 171 Å². The summed E-state index contributed by atoms with van der Waals surface area (Å²) in [5, 5.41) is -0.0204. The van der Waals surface area contributed by atoms with Gasteiger partial charge >= 0.3 is 0 Å². The SMILES string of the molecule is Cc1cccc(CN(CC(=O)N2CCS[C@H]2c2ccc(F)cc2)CC(C)C)c1. The van der Waals surface area contributed by atoms with Crippen LogP contribution in [0.25, 0.3) is 0 Å². The Hall–Kier alpha value is -1.85. The van der Waals surface area contributed by atoms with Gasteiger partial charge in [-0.2, -0.15) is 0 Å². The second kappa shape index (κ2) is 9.57. The number of rotatable bonds is 7. The molecule has 2 aromatic carbocycles. The molecule has 1 saturated heterocycles. The summed E-state index contributed by atoms with van der Waals surface area (Å²) in [4.78, 5) is 17.3. The van der Waals surface area contributed by atoms with Crippen LogP contribution in [-0.4, -0.2) is 41.1 Å². The predicted octanol–water partition coefficient (Wildman–Crippen LogP) is 4.87. The van der Waals surface area contributed by atoms with Crippen molar-refractivity contribution in [3.63, 3.8) is 0 Å². The standard InChI is InChI=1S/C23H29FN2OS/c1-17(2)14-25(15-19-6-4-5-18(3)13-19)16-22(27)26-11-12-28-23(26)20-7-9-21(24)10-8-20/h4-10,13,17,23H,11-12,14-16H2,1-3H3/t23-/m0/s1. The molecule has 150 valence electrons. The van der Waals surface area contributed by atoms with E-state index in [1.165, 1.54) is 23.3 Å². The van der Waals surface area contributed by atoms with E-state index in [0.29, 0.717) is 12.5 Å². The quantitative estimate of drug-likeness (QED) is 0.663. The molecule has 0 aromatic heterocycles. The molecule has 0 spiro atoms. The topological polar surface area (TPSA) is 23.6 Å². The highest BCUT2D eigenvalue weighted by atomic mass is 32.2. The summed E-state index contributed by atoms with van der Waals surface area (Å²) in [5.74, 6) is 1.30. The molecule has 1 aliphatic heterocycles. The predicted molar refractivity (Wildman–Crippen MR) is 115 cm³/mol. The number of amides is 1. The molecule has 0 aliphatic carbocycles. The van der Waals surface area contributed by atoms with Gasteiger partial charge in [-0.3, -0.25) is 9.69 Å². The Balaban J connectivity index is 1.70. The highest BCUT2D eigenvalue weighted by molar-refractivity contribution is 7.99. The number of benzene rings is 2. The fraction of sp³-hybridized carbons (Fsp3) is 0.435. The molecule has 0 saturated carbocycles. The van der Waals surface area contributed by atoms with Crippen LogP contribution in [0.1, 0.15) is 35.9 Å². The van der Waals surface area contributed by atoms with Crippen LogP contribution < -0.4 is 0 Å². The molecule has 1 fully saturated rings. The van der Waals surface area contributed by atoms with Gasteiger partial charge in [-0.05, 0) is 36.1 Å². The zero-order chi connectivity index (χ0) is 20.1. The second-order valence-corrected chi connectivity index (χ2v) is 9.10. The summed E-state index contributed by atoms with van der Waals surface area (Å²) >= 11 is 1.75. The van der Waals surface area contributed by atoms with Crippen molar-refractivity contribution in [2.45, 2.75) is 32.7 Å². The number of carbonyl (C=O) groups is 1. The van der Waals surface area contributed by atoms with Crippen molar-refractivity contribution >= 4 is 17.7 Å². The third kappa shape index (κ3) is 5.58. The van der Waals surface area contributed by atoms with Crippen molar-refractivity contribution < 1.29 is 9.18 Å². The molecule has 3 rings (SSSR count). The van der Waals surface area contributed by atoms with Gasteiger partial charge in [0.1, 0.15) is 11.2 Å². The number of hydrogen-bond acceptors (Lipinski definition) is 3. The fourth-order valence-electron chi connectivity index (χ4n) is 3.68.